The van der Waals surface area contributed by atoms with E-state index in [4.69, 9.17) is 5.11 Å². The molecule has 0 spiro atoms. The molecule has 1 saturated heterocycles. The second-order valence-corrected chi connectivity index (χ2v) is 5.29. The average molecular weight is 234 g/mol. The van der Waals surface area contributed by atoms with E-state index in [1.807, 2.05) is 12.1 Å². The predicted octanol–water partition coefficient (Wildman–Crippen LogP) is 1.77. The second kappa shape index (κ2) is 4.45. The molecule has 0 bridgehead atoms. The fourth-order valence-electron chi connectivity index (χ4n) is 2.46. The summed E-state index contributed by atoms with van der Waals surface area (Å²) in [6, 6.07) is 3.95. The zero-order chi connectivity index (χ0) is 12.5. The van der Waals surface area contributed by atoms with Crippen LogP contribution in [0.1, 0.15) is 25.8 Å². The number of aliphatic carboxylic acids is 1. The summed E-state index contributed by atoms with van der Waals surface area (Å²) in [6.07, 6.45) is 4.26. The van der Waals surface area contributed by atoms with Crippen molar-refractivity contribution in [2.45, 2.75) is 32.4 Å². The van der Waals surface area contributed by atoms with Crippen LogP contribution in [-0.4, -0.2) is 33.0 Å². The fraction of sp³-hybridized carbons (Fsp3) is 0.538. The highest BCUT2D eigenvalue weighted by Gasteiger charge is 2.41. The fourth-order valence-corrected chi connectivity index (χ4v) is 2.46. The first-order chi connectivity index (χ1) is 7.99. The number of likely N-dealkylation sites (tertiary alicyclic amines) is 1. The molecule has 1 fully saturated rings. The van der Waals surface area contributed by atoms with Crippen molar-refractivity contribution >= 4 is 5.97 Å². The Balaban J connectivity index is 2.09. The van der Waals surface area contributed by atoms with Crippen molar-refractivity contribution in [3.8, 4) is 0 Å². The topological polar surface area (TPSA) is 53.4 Å². The zero-order valence-electron chi connectivity index (χ0n) is 10.3. The van der Waals surface area contributed by atoms with Crippen molar-refractivity contribution < 1.29 is 9.90 Å². The number of carbonyl (C=O) groups is 1. The molecule has 1 aliphatic heterocycles. The van der Waals surface area contributed by atoms with Crippen molar-refractivity contribution in [3.05, 3.63) is 30.1 Å². The van der Waals surface area contributed by atoms with Crippen molar-refractivity contribution in [3.63, 3.8) is 0 Å². The summed E-state index contributed by atoms with van der Waals surface area (Å²) in [5.41, 5.74) is 1.13. The number of hydrogen-bond donors (Lipinski definition) is 1. The van der Waals surface area contributed by atoms with E-state index in [1.165, 1.54) is 5.56 Å². The van der Waals surface area contributed by atoms with E-state index in [0.29, 0.717) is 13.0 Å². The molecule has 1 N–H and O–H groups in total. The number of carboxylic acid groups (broad SMARTS) is 1. The Hall–Kier alpha value is -1.42. The highest BCUT2D eigenvalue weighted by Crippen LogP contribution is 2.33. The molecule has 17 heavy (non-hydrogen) atoms. The Morgan fingerprint density at radius 3 is 2.71 bits per heavy atom. The smallest absolute Gasteiger partial charge is 0.307 e. The zero-order valence-corrected chi connectivity index (χ0v) is 10.3. The third kappa shape index (κ3) is 2.64. The van der Waals surface area contributed by atoms with E-state index < -0.39 is 5.97 Å². The highest BCUT2D eigenvalue weighted by atomic mass is 16.4. The van der Waals surface area contributed by atoms with Gasteiger partial charge >= 0.3 is 5.97 Å². The number of aromatic nitrogens is 1. The van der Waals surface area contributed by atoms with Gasteiger partial charge in [-0.25, -0.2) is 0 Å². The standard InChI is InChI=1S/C13H18N2O2/c1-13(2)7-11(12(16)17)9-15(13)8-10-3-5-14-6-4-10/h3-6,11H,7-9H2,1-2H3,(H,16,17). The van der Waals surface area contributed by atoms with E-state index in [1.54, 1.807) is 12.4 Å². The summed E-state index contributed by atoms with van der Waals surface area (Å²) in [5.74, 6) is -0.929. The minimum atomic E-state index is -0.685. The summed E-state index contributed by atoms with van der Waals surface area (Å²) < 4.78 is 0. The van der Waals surface area contributed by atoms with Crippen LogP contribution < -0.4 is 0 Å². The molecule has 2 rings (SSSR count). The number of rotatable bonds is 3. The van der Waals surface area contributed by atoms with Gasteiger partial charge in [0.25, 0.3) is 0 Å². The van der Waals surface area contributed by atoms with Gasteiger partial charge in [-0.05, 0) is 38.0 Å². The number of pyridine rings is 1. The molecule has 1 atom stereocenters. The van der Waals surface area contributed by atoms with Crippen molar-refractivity contribution in [1.82, 2.24) is 9.88 Å². The van der Waals surface area contributed by atoms with Gasteiger partial charge in [0.2, 0.25) is 0 Å². The lowest BCUT2D eigenvalue weighted by Crippen LogP contribution is -2.37. The van der Waals surface area contributed by atoms with Gasteiger partial charge < -0.3 is 5.11 Å². The summed E-state index contributed by atoms with van der Waals surface area (Å²) in [4.78, 5) is 17.3. The van der Waals surface area contributed by atoms with Crippen LogP contribution in [0.3, 0.4) is 0 Å². The number of nitrogens with zero attached hydrogens (tertiary/aromatic N) is 2. The molecule has 4 nitrogen and oxygen atoms in total. The van der Waals surface area contributed by atoms with Gasteiger partial charge in [-0.15, -0.1) is 0 Å². The Morgan fingerprint density at radius 2 is 2.18 bits per heavy atom. The van der Waals surface area contributed by atoms with Crippen LogP contribution in [0.25, 0.3) is 0 Å². The van der Waals surface area contributed by atoms with Crippen LogP contribution in [0.15, 0.2) is 24.5 Å². The molecule has 0 aromatic carbocycles. The molecule has 0 aliphatic carbocycles. The number of carboxylic acids is 1. The van der Waals surface area contributed by atoms with Crippen molar-refractivity contribution in [1.29, 1.82) is 0 Å². The van der Waals surface area contributed by atoms with Crippen molar-refractivity contribution in [2.75, 3.05) is 6.54 Å². The van der Waals surface area contributed by atoms with Crippen LogP contribution in [-0.2, 0) is 11.3 Å². The lowest BCUT2D eigenvalue weighted by Gasteiger charge is -2.31. The monoisotopic (exact) mass is 234 g/mol. The molecule has 1 aliphatic rings. The van der Waals surface area contributed by atoms with Crippen LogP contribution in [0.5, 0.6) is 0 Å². The summed E-state index contributed by atoms with van der Waals surface area (Å²) in [5, 5.41) is 9.09. The first-order valence-corrected chi connectivity index (χ1v) is 5.86. The predicted molar refractivity (Wildman–Crippen MR) is 64.5 cm³/mol. The van der Waals surface area contributed by atoms with Crippen LogP contribution in [0, 0.1) is 5.92 Å². The van der Waals surface area contributed by atoms with Crippen LogP contribution >= 0.6 is 0 Å². The van der Waals surface area contributed by atoms with E-state index in [9.17, 15) is 4.79 Å². The number of hydrogen-bond acceptors (Lipinski definition) is 3. The molecule has 0 saturated carbocycles. The average Bonchev–Trinajstić information content (AvgIpc) is 2.56. The largest absolute Gasteiger partial charge is 0.481 e. The van der Waals surface area contributed by atoms with Crippen molar-refractivity contribution in [2.24, 2.45) is 5.92 Å². The molecule has 0 amide bonds. The summed E-state index contributed by atoms with van der Waals surface area (Å²) >= 11 is 0. The minimum absolute atomic E-state index is 0.0493. The molecule has 0 radical (unpaired) electrons. The van der Waals surface area contributed by atoms with E-state index in [-0.39, 0.29) is 11.5 Å². The maximum Gasteiger partial charge on any atom is 0.307 e. The Kier molecular flexibility index (Phi) is 3.15. The molecule has 1 aromatic rings. The van der Waals surface area contributed by atoms with E-state index in [2.05, 4.69) is 23.7 Å². The van der Waals surface area contributed by atoms with Gasteiger partial charge in [-0.3, -0.25) is 14.7 Å². The molecule has 2 heterocycles. The first kappa shape index (κ1) is 12.0. The normalized spacial score (nSPS) is 23.8. The Morgan fingerprint density at radius 1 is 1.53 bits per heavy atom. The Bertz CT molecular complexity index is 403. The lowest BCUT2D eigenvalue weighted by atomic mass is 9.96. The summed E-state index contributed by atoms with van der Waals surface area (Å²) in [7, 11) is 0. The van der Waals surface area contributed by atoms with E-state index >= 15 is 0 Å². The highest BCUT2D eigenvalue weighted by molar-refractivity contribution is 5.71. The lowest BCUT2D eigenvalue weighted by molar-refractivity contribution is -0.141. The van der Waals surface area contributed by atoms with Gasteiger partial charge in [-0.2, -0.15) is 0 Å². The van der Waals surface area contributed by atoms with Gasteiger partial charge in [0.05, 0.1) is 5.92 Å². The van der Waals surface area contributed by atoms with E-state index in [0.717, 1.165) is 6.54 Å². The maximum atomic E-state index is 11.1. The van der Waals surface area contributed by atoms with Crippen LogP contribution in [0.4, 0.5) is 0 Å². The molecule has 92 valence electrons. The minimum Gasteiger partial charge on any atom is -0.481 e. The molecular weight excluding hydrogens is 216 g/mol. The van der Waals surface area contributed by atoms with Gasteiger partial charge in [0.1, 0.15) is 0 Å². The Labute approximate surface area is 101 Å². The summed E-state index contributed by atoms with van der Waals surface area (Å²) in [6.45, 7) is 5.64. The first-order valence-electron chi connectivity index (χ1n) is 5.86. The molecule has 4 heteroatoms. The van der Waals surface area contributed by atoms with Gasteiger partial charge in [-0.1, -0.05) is 0 Å². The van der Waals surface area contributed by atoms with Crippen LogP contribution in [0.2, 0.25) is 0 Å². The third-order valence-electron chi connectivity index (χ3n) is 3.51. The molecular formula is C13H18N2O2. The molecule has 1 unspecified atom stereocenters. The maximum absolute atomic E-state index is 11.1. The second-order valence-electron chi connectivity index (χ2n) is 5.29. The third-order valence-corrected chi connectivity index (χ3v) is 3.51. The van der Waals surface area contributed by atoms with Gasteiger partial charge in [0, 0.05) is 31.0 Å². The molecule has 1 aromatic heterocycles. The SMILES string of the molecule is CC1(C)CC(C(=O)O)CN1Cc1ccncc1. The van der Waals surface area contributed by atoms with Gasteiger partial charge in [0.15, 0.2) is 0 Å². The quantitative estimate of drug-likeness (QED) is 0.866.